The molecular weight excluding hydrogens is 702 g/mol. The first-order valence-electron chi connectivity index (χ1n) is 19.3. The van der Waals surface area contributed by atoms with Gasteiger partial charge in [-0.2, -0.15) is 0 Å². The maximum absolute atomic E-state index is 14.9. The number of carbonyl (C=O) groups is 2. The number of benzene rings is 5. The van der Waals surface area contributed by atoms with Gasteiger partial charge in [-0.3, -0.25) is 14.5 Å². The van der Waals surface area contributed by atoms with Crippen LogP contribution in [0.2, 0.25) is 0 Å². The average Bonchev–Trinajstić information content (AvgIpc) is 3.54. The zero-order valence-corrected chi connectivity index (χ0v) is 32.3. The van der Waals surface area contributed by atoms with Crippen molar-refractivity contribution in [1.29, 1.82) is 0 Å². The van der Waals surface area contributed by atoms with E-state index in [1.807, 2.05) is 135 Å². The molecule has 1 aliphatic heterocycles. The Morgan fingerprint density at radius 3 is 1.89 bits per heavy atom. The van der Waals surface area contributed by atoms with Gasteiger partial charge in [0, 0.05) is 47.2 Å². The largest absolute Gasteiger partial charge is 0.350 e. The first-order valence-corrected chi connectivity index (χ1v) is 19.3. The number of nitrogens with one attached hydrogen (secondary N) is 1. The van der Waals surface area contributed by atoms with Crippen molar-refractivity contribution in [2.24, 2.45) is 5.92 Å². The minimum Gasteiger partial charge on any atom is -0.350 e. The second-order valence-electron chi connectivity index (χ2n) is 15.0. The minimum atomic E-state index is -0.865. The first kappa shape index (κ1) is 38.4. The summed E-state index contributed by atoms with van der Waals surface area (Å²) in [6, 6.07) is 45.0. The van der Waals surface area contributed by atoms with E-state index in [1.165, 1.54) is 12.1 Å². The number of nitrogens with zero attached hydrogens (tertiary/aromatic N) is 2. The molecule has 6 aromatic rings. The van der Waals surface area contributed by atoms with Gasteiger partial charge < -0.3 is 19.4 Å². The molecule has 1 saturated heterocycles. The summed E-state index contributed by atoms with van der Waals surface area (Å²) in [5.74, 6) is -2.06. The number of carbonyl (C=O) groups excluding carboxylic acids is 2. The average molecular weight is 750 g/mol. The smallest absolute Gasteiger partial charge is 0.258 e. The summed E-state index contributed by atoms with van der Waals surface area (Å²) in [6.45, 7) is 8.76. The Bertz CT molecular complexity index is 2200. The molecule has 8 heteroatoms. The van der Waals surface area contributed by atoms with Crippen LogP contribution in [0.25, 0.3) is 22.4 Å². The lowest BCUT2D eigenvalue weighted by Crippen LogP contribution is -2.45. The molecule has 2 atom stereocenters. The molecule has 0 aliphatic carbocycles. The molecule has 0 saturated carbocycles. The summed E-state index contributed by atoms with van der Waals surface area (Å²) < 4.78 is 29.5. The fourth-order valence-corrected chi connectivity index (χ4v) is 7.83. The third-order valence-corrected chi connectivity index (χ3v) is 10.2. The number of hydrogen-bond donors (Lipinski definition) is 1. The second kappa shape index (κ2) is 16.9. The van der Waals surface area contributed by atoms with Crippen molar-refractivity contribution in [2.45, 2.75) is 64.9 Å². The molecule has 1 aromatic heterocycles. The number of para-hydroxylation sites is 3. The summed E-state index contributed by atoms with van der Waals surface area (Å²) in [7, 11) is 0. The Morgan fingerprint density at radius 1 is 0.786 bits per heavy atom. The van der Waals surface area contributed by atoms with Gasteiger partial charge in [0.05, 0.1) is 24.0 Å². The highest BCUT2D eigenvalue weighted by atomic mass is 19.1. The van der Waals surface area contributed by atoms with E-state index in [1.54, 1.807) is 17.0 Å². The SMILES string of the molecule is CC(C)c1c(C(=O)Nc2ccccc2)c(-c2ccccc2)c(-c2ccc(F)cc2)n1CC(CC(=O)N(c1ccccc1)c1ccccc1)C1CCOC(C)(C)O1. The maximum Gasteiger partial charge on any atom is 0.258 e. The molecule has 56 heavy (non-hydrogen) atoms. The van der Waals surface area contributed by atoms with Gasteiger partial charge in [-0.05, 0) is 98.0 Å². The standard InChI is InChI=1S/C48H48FN3O4/c1-33(2)45-44(47(54)50-38-19-11-6-12-20-38)43(34-17-9-5-10-18-34)46(35-25-27-37(49)28-26-35)51(45)32-36(41-29-30-55-48(3,4)56-41)31-42(53)52(39-21-13-7-14-22-39)40-23-15-8-16-24-40/h5-28,33,36,41H,29-32H2,1-4H3,(H,50,54). The predicted molar refractivity (Wildman–Crippen MR) is 221 cm³/mol. The zero-order valence-electron chi connectivity index (χ0n) is 32.3. The number of aromatic nitrogens is 1. The van der Waals surface area contributed by atoms with Crippen molar-refractivity contribution in [3.05, 3.63) is 163 Å². The van der Waals surface area contributed by atoms with Gasteiger partial charge in [-0.15, -0.1) is 0 Å². The van der Waals surface area contributed by atoms with Gasteiger partial charge in [0.15, 0.2) is 5.79 Å². The highest BCUT2D eigenvalue weighted by Gasteiger charge is 2.39. The van der Waals surface area contributed by atoms with Gasteiger partial charge >= 0.3 is 0 Å². The molecule has 5 aromatic carbocycles. The molecule has 0 bridgehead atoms. The second-order valence-corrected chi connectivity index (χ2v) is 15.0. The normalized spacial score (nSPS) is 15.6. The van der Waals surface area contributed by atoms with Crippen molar-refractivity contribution in [1.82, 2.24) is 4.57 Å². The fraction of sp³-hybridized carbons (Fsp3) is 0.250. The number of rotatable bonds is 12. The van der Waals surface area contributed by atoms with Crippen molar-refractivity contribution in [2.75, 3.05) is 16.8 Å². The molecule has 2 unspecified atom stereocenters. The molecule has 1 fully saturated rings. The number of halogens is 1. The van der Waals surface area contributed by atoms with Crippen LogP contribution in [0.15, 0.2) is 146 Å². The van der Waals surface area contributed by atoms with E-state index in [0.29, 0.717) is 30.8 Å². The molecule has 0 spiro atoms. The van der Waals surface area contributed by atoms with Gasteiger partial charge in [-0.25, -0.2) is 4.39 Å². The van der Waals surface area contributed by atoms with Crippen LogP contribution in [0, 0.1) is 11.7 Å². The lowest BCUT2D eigenvalue weighted by Gasteiger charge is -2.40. The highest BCUT2D eigenvalue weighted by molar-refractivity contribution is 6.12. The van der Waals surface area contributed by atoms with E-state index in [2.05, 4.69) is 23.7 Å². The van der Waals surface area contributed by atoms with Crippen LogP contribution in [0.5, 0.6) is 0 Å². The third kappa shape index (κ3) is 8.52. The molecule has 1 aliphatic rings. The van der Waals surface area contributed by atoms with Gasteiger partial charge in [-0.1, -0.05) is 98.8 Å². The Labute approximate surface area is 328 Å². The topological polar surface area (TPSA) is 72.8 Å². The van der Waals surface area contributed by atoms with E-state index >= 15 is 0 Å². The monoisotopic (exact) mass is 749 g/mol. The van der Waals surface area contributed by atoms with Gasteiger partial charge in [0.25, 0.3) is 5.91 Å². The van der Waals surface area contributed by atoms with E-state index < -0.39 is 5.79 Å². The van der Waals surface area contributed by atoms with Crippen LogP contribution in [0.3, 0.4) is 0 Å². The Morgan fingerprint density at radius 2 is 1.34 bits per heavy atom. The number of ether oxygens (including phenoxy) is 2. The molecular formula is C48H48FN3O4. The summed E-state index contributed by atoms with van der Waals surface area (Å²) in [4.78, 5) is 31.4. The Kier molecular flexibility index (Phi) is 11.6. The van der Waals surface area contributed by atoms with Crippen molar-refractivity contribution >= 4 is 28.9 Å². The number of hydrogen-bond acceptors (Lipinski definition) is 4. The summed E-state index contributed by atoms with van der Waals surface area (Å²) in [6.07, 6.45) is 0.353. The van der Waals surface area contributed by atoms with Crippen LogP contribution < -0.4 is 10.2 Å². The molecule has 2 heterocycles. The fourth-order valence-electron chi connectivity index (χ4n) is 7.83. The van der Waals surface area contributed by atoms with Crippen LogP contribution in [-0.4, -0.2) is 34.9 Å². The van der Waals surface area contributed by atoms with Gasteiger partial charge in [0.1, 0.15) is 5.82 Å². The Hall–Kier alpha value is -5.83. The molecule has 286 valence electrons. The molecule has 7 rings (SSSR count). The summed E-state index contributed by atoms with van der Waals surface area (Å²) in [5, 5.41) is 3.16. The Balaban J connectivity index is 1.43. The zero-order chi connectivity index (χ0) is 39.2. The third-order valence-electron chi connectivity index (χ3n) is 10.2. The van der Waals surface area contributed by atoms with Crippen molar-refractivity contribution in [3.63, 3.8) is 0 Å². The maximum atomic E-state index is 14.9. The molecule has 1 N–H and O–H groups in total. The highest BCUT2D eigenvalue weighted by Crippen LogP contribution is 2.44. The summed E-state index contributed by atoms with van der Waals surface area (Å²) >= 11 is 0. The van der Waals surface area contributed by atoms with Crippen molar-refractivity contribution in [3.8, 4) is 22.4 Å². The predicted octanol–water partition coefficient (Wildman–Crippen LogP) is 11.2. The van der Waals surface area contributed by atoms with E-state index in [4.69, 9.17) is 9.47 Å². The lowest BCUT2D eigenvalue weighted by molar-refractivity contribution is -0.283. The van der Waals surface area contributed by atoms with Gasteiger partial charge in [0.2, 0.25) is 5.91 Å². The van der Waals surface area contributed by atoms with Crippen molar-refractivity contribution < 1.29 is 23.5 Å². The summed E-state index contributed by atoms with van der Waals surface area (Å²) in [5.41, 5.74) is 6.64. The molecule has 7 nitrogen and oxygen atoms in total. The lowest BCUT2D eigenvalue weighted by atomic mass is 9.93. The number of anilines is 3. The van der Waals surface area contributed by atoms with Crippen LogP contribution in [-0.2, 0) is 20.8 Å². The molecule has 2 amide bonds. The van der Waals surface area contributed by atoms with Crippen LogP contribution in [0.4, 0.5) is 21.5 Å². The van der Waals surface area contributed by atoms with Crippen LogP contribution >= 0.6 is 0 Å². The van der Waals surface area contributed by atoms with Crippen LogP contribution in [0.1, 0.15) is 62.5 Å². The van der Waals surface area contributed by atoms with E-state index in [9.17, 15) is 14.0 Å². The quantitative estimate of drug-likeness (QED) is 0.135. The number of amides is 2. The van der Waals surface area contributed by atoms with E-state index in [-0.39, 0.29) is 42.0 Å². The minimum absolute atomic E-state index is 0.0905. The first-order chi connectivity index (χ1) is 27.1. The van der Waals surface area contributed by atoms with E-state index in [0.717, 1.165) is 39.5 Å². The molecule has 0 radical (unpaired) electrons.